The van der Waals surface area contributed by atoms with Gasteiger partial charge in [-0.3, -0.25) is 4.79 Å². The van der Waals surface area contributed by atoms with E-state index in [1.54, 1.807) is 19.2 Å². The van der Waals surface area contributed by atoms with Crippen molar-refractivity contribution in [3.05, 3.63) is 63.6 Å². The van der Waals surface area contributed by atoms with Crippen molar-refractivity contribution in [1.29, 1.82) is 0 Å². The molecule has 20 heavy (non-hydrogen) atoms. The molecular weight excluding hydrogens is 302 g/mol. The molecule has 2 rings (SSSR count). The van der Waals surface area contributed by atoms with Gasteiger partial charge in [-0.15, -0.1) is 0 Å². The first-order valence-electron chi connectivity index (χ1n) is 5.78. The number of carbonyl (C=O) groups excluding carboxylic acids is 1. The Hall–Kier alpha value is -1.65. The average Bonchev–Trinajstić information content (AvgIpc) is 2.40. The van der Waals surface area contributed by atoms with Crippen molar-refractivity contribution in [2.24, 2.45) is 0 Å². The van der Waals surface area contributed by atoms with Crippen LogP contribution >= 0.6 is 23.2 Å². The van der Waals surface area contributed by atoms with E-state index in [2.05, 4.69) is 4.98 Å². The van der Waals surface area contributed by atoms with Crippen molar-refractivity contribution in [1.82, 2.24) is 9.88 Å². The quantitative estimate of drug-likeness (QED) is 0.808. The zero-order valence-electron chi connectivity index (χ0n) is 10.6. The molecule has 0 spiro atoms. The van der Waals surface area contributed by atoms with Crippen LogP contribution in [0.2, 0.25) is 10.2 Å². The van der Waals surface area contributed by atoms with Crippen LogP contribution in [0.4, 0.5) is 4.39 Å². The van der Waals surface area contributed by atoms with Gasteiger partial charge >= 0.3 is 0 Å². The lowest BCUT2D eigenvalue weighted by atomic mass is 10.2. The summed E-state index contributed by atoms with van der Waals surface area (Å²) in [6.07, 6.45) is 1.33. The van der Waals surface area contributed by atoms with Crippen LogP contribution in [-0.4, -0.2) is 22.8 Å². The number of hydrogen-bond donors (Lipinski definition) is 0. The fourth-order valence-corrected chi connectivity index (χ4v) is 2.11. The van der Waals surface area contributed by atoms with Gasteiger partial charge in [0, 0.05) is 19.8 Å². The molecule has 0 unspecified atom stereocenters. The molecule has 2 aromatic rings. The zero-order valence-corrected chi connectivity index (χ0v) is 12.1. The van der Waals surface area contributed by atoms with E-state index in [0.717, 1.165) is 0 Å². The third kappa shape index (κ3) is 3.46. The minimum Gasteiger partial charge on any atom is -0.337 e. The molecule has 1 amide bonds. The maximum atomic E-state index is 13.1. The van der Waals surface area contributed by atoms with Crippen LogP contribution in [0.15, 0.2) is 36.5 Å². The number of pyridine rings is 1. The molecule has 1 heterocycles. The second-order valence-electron chi connectivity index (χ2n) is 4.28. The first-order valence-corrected chi connectivity index (χ1v) is 6.54. The predicted octanol–water partition coefficient (Wildman–Crippen LogP) is 3.80. The van der Waals surface area contributed by atoms with Gasteiger partial charge in [-0.25, -0.2) is 9.37 Å². The average molecular weight is 313 g/mol. The predicted molar refractivity (Wildman–Crippen MR) is 76.5 cm³/mol. The minimum absolute atomic E-state index is 0.192. The lowest BCUT2D eigenvalue weighted by Crippen LogP contribution is -2.26. The molecule has 3 nitrogen and oxygen atoms in total. The van der Waals surface area contributed by atoms with E-state index in [1.165, 1.54) is 29.3 Å². The molecule has 0 aliphatic heterocycles. The van der Waals surface area contributed by atoms with Crippen molar-refractivity contribution < 1.29 is 9.18 Å². The molecule has 0 aliphatic carbocycles. The molecule has 0 bridgehead atoms. The molecule has 0 radical (unpaired) electrons. The first kappa shape index (κ1) is 14.8. The summed E-state index contributed by atoms with van der Waals surface area (Å²) < 4.78 is 13.1. The van der Waals surface area contributed by atoms with Crippen LogP contribution in [0, 0.1) is 5.82 Å². The van der Waals surface area contributed by atoms with Gasteiger partial charge in [0.2, 0.25) is 0 Å². The highest BCUT2D eigenvalue weighted by molar-refractivity contribution is 6.35. The standard InChI is InChI=1S/C14H11Cl2FN2O/c1-19(8-9-3-2-4-10(17)5-9)14(20)11-6-13(16)18-7-12(11)15/h2-7H,8H2,1H3. The molecule has 0 fully saturated rings. The van der Waals surface area contributed by atoms with Gasteiger partial charge in [-0.1, -0.05) is 35.3 Å². The lowest BCUT2D eigenvalue weighted by molar-refractivity contribution is 0.0785. The maximum absolute atomic E-state index is 13.1. The number of halogens is 3. The van der Waals surface area contributed by atoms with Crippen LogP contribution in [0.1, 0.15) is 15.9 Å². The number of carbonyl (C=O) groups is 1. The van der Waals surface area contributed by atoms with Gasteiger partial charge < -0.3 is 4.90 Å². The Bertz CT molecular complexity index is 649. The summed E-state index contributed by atoms with van der Waals surface area (Å²) in [5.74, 6) is -0.642. The Morgan fingerprint density at radius 1 is 1.35 bits per heavy atom. The summed E-state index contributed by atoms with van der Waals surface area (Å²) in [5.41, 5.74) is 0.961. The summed E-state index contributed by atoms with van der Waals surface area (Å²) in [6, 6.07) is 7.48. The molecule has 6 heteroatoms. The third-order valence-electron chi connectivity index (χ3n) is 2.71. The molecule has 1 aromatic carbocycles. The van der Waals surface area contributed by atoms with Crippen LogP contribution in [0.25, 0.3) is 0 Å². The van der Waals surface area contributed by atoms with Crippen molar-refractivity contribution in [2.75, 3.05) is 7.05 Å². The normalized spacial score (nSPS) is 10.4. The van der Waals surface area contributed by atoms with Gasteiger partial charge in [-0.05, 0) is 23.8 Å². The van der Waals surface area contributed by atoms with Gasteiger partial charge in [0.05, 0.1) is 10.6 Å². The zero-order chi connectivity index (χ0) is 14.7. The fourth-order valence-electron chi connectivity index (χ4n) is 1.76. The van der Waals surface area contributed by atoms with Gasteiger partial charge in [0.1, 0.15) is 11.0 Å². The Kier molecular flexibility index (Phi) is 4.57. The third-order valence-corrected chi connectivity index (χ3v) is 3.22. The number of benzene rings is 1. The lowest BCUT2D eigenvalue weighted by Gasteiger charge is -2.18. The van der Waals surface area contributed by atoms with E-state index in [-0.39, 0.29) is 34.0 Å². The molecule has 0 saturated carbocycles. The summed E-state index contributed by atoms with van der Waals surface area (Å²) >= 11 is 11.7. The van der Waals surface area contributed by atoms with Gasteiger partial charge in [-0.2, -0.15) is 0 Å². The van der Waals surface area contributed by atoms with E-state index in [1.807, 2.05) is 0 Å². The van der Waals surface area contributed by atoms with E-state index in [0.29, 0.717) is 5.56 Å². The Morgan fingerprint density at radius 3 is 2.80 bits per heavy atom. The van der Waals surface area contributed by atoms with E-state index in [9.17, 15) is 9.18 Å². The Morgan fingerprint density at radius 2 is 2.10 bits per heavy atom. The smallest absolute Gasteiger partial charge is 0.255 e. The first-order chi connectivity index (χ1) is 9.47. The number of amides is 1. The molecular formula is C14H11Cl2FN2O. The van der Waals surface area contributed by atoms with Crippen molar-refractivity contribution in [2.45, 2.75) is 6.54 Å². The summed E-state index contributed by atoms with van der Waals surface area (Å²) in [5, 5.41) is 0.419. The van der Waals surface area contributed by atoms with Gasteiger partial charge in [0.15, 0.2) is 0 Å². The van der Waals surface area contributed by atoms with Crippen LogP contribution in [-0.2, 0) is 6.54 Å². The highest BCUT2D eigenvalue weighted by Gasteiger charge is 2.16. The molecule has 0 aliphatic rings. The van der Waals surface area contributed by atoms with E-state index < -0.39 is 0 Å². The highest BCUT2D eigenvalue weighted by Crippen LogP contribution is 2.20. The van der Waals surface area contributed by atoms with Crippen LogP contribution in [0.5, 0.6) is 0 Å². The van der Waals surface area contributed by atoms with Crippen LogP contribution < -0.4 is 0 Å². The number of aromatic nitrogens is 1. The molecule has 0 saturated heterocycles. The summed E-state index contributed by atoms with van der Waals surface area (Å²) in [6.45, 7) is 0.271. The fraction of sp³-hybridized carbons (Fsp3) is 0.143. The second-order valence-corrected chi connectivity index (χ2v) is 5.07. The van der Waals surface area contributed by atoms with Crippen molar-refractivity contribution >= 4 is 29.1 Å². The Balaban J connectivity index is 2.18. The minimum atomic E-state index is -0.340. The number of hydrogen-bond acceptors (Lipinski definition) is 2. The maximum Gasteiger partial charge on any atom is 0.255 e. The monoisotopic (exact) mass is 312 g/mol. The SMILES string of the molecule is CN(Cc1cccc(F)c1)C(=O)c1cc(Cl)ncc1Cl. The number of rotatable bonds is 3. The van der Waals surface area contributed by atoms with Gasteiger partial charge in [0.25, 0.3) is 5.91 Å². The summed E-state index contributed by atoms with van der Waals surface area (Å²) in [7, 11) is 1.61. The van der Waals surface area contributed by atoms with E-state index >= 15 is 0 Å². The number of nitrogens with zero attached hydrogens (tertiary/aromatic N) is 2. The van der Waals surface area contributed by atoms with Crippen molar-refractivity contribution in [3.8, 4) is 0 Å². The molecule has 104 valence electrons. The molecule has 0 N–H and O–H groups in total. The highest BCUT2D eigenvalue weighted by atomic mass is 35.5. The molecule has 1 aromatic heterocycles. The van der Waals surface area contributed by atoms with E-state index in [4.69, 9.17) is 23.2 Å². The largest absolute Gasteiger partial charge is 0.337 e. The molecule has 0 atom stereocenters. The van der Waals surface area contributed by atoms with Crippen LogP contribution in [0.3, 0.4) is 0 Å². The second kappa shape index (κ2) is 6.20. The van der Waals surface area contributed by atoms with Crippen molar-refractivity contribution in [3.63, 3.8) is 0 Å². The topological polar surface area (TPSA) is 33.2 Å². The summed E-state index contributed by atoms with van der Waals surface area (Å²) in [4.78, 5) is 17.5. The Labute approximate surface area is 125 Å².